The van der Waals surface area contributed by atoms with Crippen molar-refractivity contribution < 1.29 is 4.79 Å². The summed E-state index contributed by atoms with van der Waals surface area (Å²) in [6.45, 7) is 2.33. The summed E-state index contributed by atoms with van der Waals surface area (Å²) in [5.41, 5.74) is 1.91. The number of carbonyl (C=O) groups excluding carboxylic acids is 1. The molecule has 1 amide bonds. The molecule has 2 aliphatic rings. The molecule has 1 aromatic carbocycles. The summed E-state index contributed by atoms with van der Waals surface area (Å²) >= 11 is 0. The highest BCUT2D eigenvalue weighted by Gasteiger charge is 2.22. The highest BCUT2D eigenvalue weighted by atomic mass is 16.2. The van der Waals surface area contributed by atoms with Crippen molar-refractivity contribution in [2.45, 2.75) is 6.92 Å². The maximum atomic E-state index is 12.6. The van der Waals surface area contributed by atoms with Gasteiger partial charge < -0.3 is 10.3 Å². The zero-order valence-corrected chi connectivity index (χ0v) is 12.9. The van der Waals surface area contributed by atoms with Gasteiger partial charge in [-0.3, -0.25) is 4.79 Å². The minimum atomic E-state index is -0.340. The Labute approximate surface area is 136 Å². The Kier molecular flexibility index (Phi) is 3.16. The Hall–Kier alpha value is -3.42. The van der Waals surface area contributed by atoms with Crippen molar-refractivity contribution in [2.24, 2.45) is 0 Å². The van der Waals surface area contributed by atoms with Gasteiger partial charge in [0.05, 0.1) is 22.8 Å². The highest BCUT2D eigenvalue weighted by molar-refractivity contribution is 5.95. The van der Waals surface area contributed by atoms with Crippen molar-refractivity contribution in [1.29, 1.82) is 0 Å². The summed E-state index contributed by atoms with van der Waals surface area (Å²) in [6.07, 6.45) is 3.09. The lowest BCUT2D eigenvalue weighted by Gasteiger charge is -2.03. The molecule has 0 radical (unpaired) electrons. The van der Waals surface area contributed by atoms with E-state index in [0.717, 1.165) is 0 Å². The Bertz CT molecular complexity index is 1060. The molecule has 0 fully saturated rings. The van der Waals surface area contributed by atoms with Gasteiger partial charge in [-0.1, -0.05) is 18.2 Å². The summed E-state index contributed by atoms with van der Waals surface area (Å²) in [7, 11) is 0. The van der Waals surface area contributed by atoms with E-state index < -0.39 is 0 Å². The minimum Gasteiger partial charge on any atom is -0.345 e. The molecule has 3 heterocycles. The third kappa shape index (κ3) is 2.00. The quantitative estimate of drug-likeness (QED) is 0.585. The second kappa shape index (κ2) is 5.34. The molecule has 0 aliphatic carbocycles. The number of pyridine rings is 1. The lowest BCUT2D eigenvalue weighted by atomic mass is 10.2. The van der Waals surface area contributed by atoms with E-state index in [0.29, 0.717) is 34.5 Å². The first-order valence-corrected chi connectivity index (χ1v) is 7.52. The first-order valence-electron chi connectivity index (χ1n) is 7.52. The summed E-state index contributed by atoms with van der Waals surface area (Å²) in [4.78, 5) is 27.6. The molecule has 0 spiro atoms. The minimum absolute atomic E-state index is 0.222. The Morgan fingerprint density at radius 3 is 2.83 bits per heavy atom. The van der Waals surface area contributed by atoms with Crippen LogP contribution in [0.25, 0.3) is 28.0 Å². The van der Waals surface area contributed by atoms with Crippen LogP contribution in [0, 0.1) is 0 Å². The van der Waals surface area contributed by atoms with Gasteiger partial charge in [-0.25, -0.2) is 4.79 Å². The first kappa shape index (κ1) is 14.2. The third-order valence-electron chi connectivity index (χ3n) is 3.78. The molecule has 2 N–H and O–H groups in total. The second-order valence-electron chi connectivity index (χ2n) is 5.26. The number of nitrogens with one attached hydrogen (secondary N) is 2. The number of fused-ring (bicyclic) bond motifs is 3. The van der Waals surface area contributed by atoms with Gasteiger partial charge in [-0.05, 0) is 19.1 Å². The average Bonchev–Trinajstić information content (AvgIpc) is 3.17. The SMILES string of the molecule is CCNC(=O)n1ncc2c3nn(-c4ccccc4)c(=O)c-3c[nH]c21. The van der Waals surface area contributed by atoms with E-state index in [1.54, 1.807) is 6.20 Å². The standard InChI is InChI=1S/C16H14N6O2/c1-2-17-16(24)22-14-11(9-19-22)13-12(8-18-14)15(23)21(20-13)10-6-4-3-5-7-10/h3-9,18H,2H2,1H3,(H,17,24). The Morgan fingerprint density at radius 2 is 2.08 bits per heavy atom. The van der Waals surface area contributed by atoms with Crippen LogP contribution in [0.15, 0.2) is 47.5 Å². The molecule has 0 atom stereocenters. The van der Waals surface area contributed by atoms with Gasteiger partial charge in [-0.15, -0.1) is 0 Å². The number of aromatic nitrogens is 5. The molecule has 0 saturated carbocycles. The molecule has 2 aliphatic heterocycles. The maximum absolute atomic E-state index is 12.6. The summed E-state index contributed by atoms with van der Waals surface area (Å²) in [5, 5.41) is 11.8. The van der Waals surface area contributed by atoms with E-state index in [-0.39, 0.29) is 11.6 Å². The lowest BCUT2D eigenvalue weighted by Crippen LogP contribution is -2.29. The molecule has 8 nitrogen and oxygen atoms in total. The molecule has 0 unspecified atom stereocenters. The van der Waals surface area contributed by atoms with Crippen molar-refractivity contribution in [2.75, 3.05) is 6.54 Å². The Balaban J connectivity index is 1.95. The monoisotopic (exact) mass is 322 g/mol. The zero-order chi connectivity index (χ0) is 16.7. The molecule has 0 bridgehead atoms. The largest absolute Gasteiger partial charge is 0.345 e. The topological polar surface area (TPSA) is 97.6 Å². The van der Waals surface area contributed by atoms with Gasteiger partial charge in [0.2, 0.25) is 0 Å². The van der Waals surface area contributed by atoms with Crippen molar-refractivity contribution in [3.05, 3.63) is 53.1 Å². The number of amides is 1. The number of rotatable bonds is 2. The number of aromatic amines is 1. The third-order valence-corrected chi connectivity index (χ3v) is 3.78. The maximum Gasteiger partial charge on any atom is 0.344 e. The van der Waals surface area contributed by atoms with Crippen LogP contribution < -0.4 is 10.9 Å². The molecule has 0 saturated heterocycles. The number of carbonyl (C=O) groups is 1. The van der Waals surface area contributed by atoms with E-state index in [2.05, 4.69) is 20.5 Å². The van der Waals surface area contributed by atoms with E-state index in [9.17, 15) is 9.59 Å². The van der Waals surface area contributed by atoms with Gasteiger partial charge in [-0.2, -0.15) is 19.6 Å². The van der Waals surface area contributed by atoms with Crippen molar-refractivity contribution >= 4 is 17.1 Å². The first-order chi connectivity index (χ1) is 11.7. The van der Waals surface area contributed by atoms with Crippen molar-refractivity contribution in [1.82, 2.24) is 29.9 Å². The number of benzene rings is 1. The normalized spacial score (nSPS) is 11.2. The number of hydrogen-bond donors (Lipinski definition) is 2. The number of H-pyrrole nitrogens is 1. The fraction of sp³-hybridized carbons (Fsp3) is 0.125. The van der Waals surface area contributed by atoms with Crippen LogP contribution in [0.4, 0.5) is 4.79 Å². The summed E-state index contributed by atoms with van der Waals surface area (Å²) in [6, 6.07) is 8.84. The molecule has 2 aromatic rings. The average molecular weight is 322 g/mol. The fourth-order valence-corrected chi connectivity index (χ4v) is 2.67. The number of para-hydroxylation sites is 1. The van der Waals surface area contributed by atoms with Crippen molar-refractivity contribution in [3.63, 3.8) is 0 Å². The van der Waals surface area contributed by atoms with Gasteiger partial charge >= 0.3 is 6.03 Å². The van der Waals surface area contributed by atoms with Gasteiger partial charge in [0.1, 0.15) is 11.3 Å². The molecule has 1 aromatic heterocycles. The van der Waals surface area contributed by atoms with Crippen LogP contribution in [0.2, 0.25) is 0 Å². The lowest BCUT2D eigenvalue weighted by molar-refractivity contribution is 0.241. The van der Waals surface area contributed by atoms with E-state index in [1.165, 1.54) is 15.6 Å². The summed E-state index contributed by atoms with van der Waals surface area (Å²) < 4.78 is 2.58. The van der Waals surface area contributed by atoms with Gasteiger partial charge in [0.15, 0.2) is 0 Å². The molecule has 24 heavy (non-hydrogen) atoms. The molecule has 8 heteroatoms. The number of nitrogens with zero attached hydrogens (tertiary/aromatic N) is 4. The zero-order valence-electron chi connectivity index (χ0n) is 12.9. The van der Waals surface area contributed by atoms with Gasteiger partial charge in [0, 0.05) is 12.7 Å². The van der Waals surface area contributed by atoms with Crippen LogP contribution in [0.3, 0.4) is 0 Å². The molecule has 120 valence electrons. The van der Waals surface area contributed by atoms with E-state index in [4.69, 9.17) is 0 Å². The van der Waals surface area contributed by atoms with Gasteiger partial charge in [0.25, 0.3) is 5.56 Å². The molecular weight excluding hydrogens is 308 g/mol. The molecule has 4 rings (SSSR count). The number of hydrogen-bond acceptors (Lipinski definition) is 4. The predicted molar refractivity (Wildman–Crippen MR) is 88.6 cm³/mol. The highest BCUT2D eigenvalue weighted by Crippen LogP contribution is 2.25. The molecular formula is C16H14N6O2. The van der Waals surface area contributed by atoms with Crippen LogP contribution in [-0.2, 0) is 0 Å². The van der Waals surface area contributed by atoms with Crippen LogP contribution >= 0.6 is 0 Å². The second-order valence-corrected chi connectivity index (χ2v) is 5.26. The van der Waals surface area contributed by atoms with Crippen LogP contribution in [-0.4, -0.2) is 37.1 Å². The van der Waals surface area contributed by atoms with E-state index >= 15 is 0 Å². The predicted octanol–water partition coefficient (Wildman–Crippen LogP) is 1.59. The van der Waals surface area contributed by atoms with Crippen LogP contribution in [0.1, 0.15) is 6.92 Å². The van der Waals surface area contributed by atoms with E-state index in [1.807, 2.05) is 37.3 Å². The Morgan fingerprint density at radius 1 is 1.29 bits per heavy atom. The summed E-state index contributed by atoms with van der Waals surface area (Å²) in [5.74, 6) is 0. The fourth-order valence-electron chi connectivity index (χ4n) is 2.67. The van der Waals surface area contributed by atoms with Crippen molar-refractivity contribution in [3.8, 4) is 16.9 Å². The smallest absolute Gasteiger partial charge is 0.344 e. The van der Waals surface area contributed by atoms with Crippen LogP contribution in [0.5, 0.6) is 0 Å².